The van der Waals surface area contributed by atoms with Gasteiger partial charge in [-0.25, -0.2) is 0 Å². The van der Waals surface area contributed by atoms with Crippen molar-refractivity contribution in [2.75, 3.05) is 13.2 Å². The Kier molecular flexibility index (Phi) is 6.55. The Morgan fingerprint density at radius 3 is 2.75 bits per heavy atom. The van der Waals surface area contributed by atoms with Gasteiger partial charge in [0.1, 0.15) is 0 Å². The topological polar surface area (TPSA) is 21.3 Å². The zero-order valence-electron chi connectivity index (χ0n) is 13.1. The molecule has 1 aliphatic rings. The highest BCUT2D eigenvalue weighted by molar-refractivity contribution is 5.32. The van der Waals surface area contributed by atoms with Gasteiger partial charge in [-0.3, -0.25) is 0 Å². The Hall–Kier alpha value is -0.860. The minimum atomic E-state index is 0.544. The zero-order valence-corrected chi connectivity index (χ0v) is 13.1. The molecule has 0 saturated heterocycles. The zero-order chi connectivity index (χ0) is 14.2. The van der Waals surface area contributed by atoms with E-state index in [0.29, 0.717) is 6.10 Å². The van der Waals surface area contributed by atoms with Gasteiger partial charge in [-0.05, 0) is 56.3 Å². The first-order chi connectivity index (χ1) is 9.77. The van der Waals surface area contributed by atoms with Crippen LogP contribution in [0, 0.1) is 13.8 Å². The Morgan fingerprint density at radius 2 is 1.95 bits per heavy atom. The van der Waals surface area contributed by atoms with Gasteiger partial charge in [-0.2, -0.15) is 0 Å². The molecule has 0 radical (unpaired) electrons. The minimum absolute atomic E-state index is 0.544. The highest BCUT2D eigenvalue weighted by Crippen LogP contribution is 2.20. The highest BCUT2D eigenvalue weighted by atomic mass is 16.5. The van der Waals surface area contributed by atoms with Gasteiger partial charge in [0.15, 0.2) is 0 Å². The summed E-state index contributed by atoms with van der Waals surface area (Å²) >= 11 is 0. The summed E-state index contributed by atoms with van der Waals surface area (Å²) in [5.41, 5.74) is 4.21. The van der Waals surface area contributed by atoms with Crippen molar-refractivity contribution in [2.45, 2.75) is 65.0 Å². The van der Waals surface area contributed by atoms with Crippen LogP contribution in [-0.4, -0.2) is 19.3 Å². The van der Waals surface area contributed by atoms with E-state index in [-0.39, 0.29) is 0 Å². The first kappa shape index (κ1) is 15.5. The molecule has 1 aliphatic carbocycles. The van der Waals surface area contributed by atoms with Crippen molar-refractivity contribution in [1.29, 1.82) is 0 Å². The molecule has 1 aromatic carbocycles. The second kappa shape index (κ2) is 8.43. The fourth-order valence-corrected chi connectivity index (χ4v) is 2.91. The maximum absolute atomic E-state index is 5.94. The molecule has 1 aromatic rings. The van der Waals surface area contributed by atoms with Gasteiger partial charge < -0.3 is 10.1 Å². The van der Waals surface area contributed by atoms with Crippen LogP contribution in [0.1, 0.15) is 55.2 Å². The van der Waals surface area contributed by atoms with E-state index >= 15 is 0 Å². The number of rotatable bonds is 7. The normalized spacial score (nSPS) is 16.5. The SMILES string of the molecule is Cc1cccc(CNCCCOC2CCCCC2)c1C. The van der Waals surface area contributed by atoms with Crippen molar-refractivity contribution in [2.24, 2.45) is 0 Å². The quantitative estimate of drug-likeness (QED) is 0.755. The molecule has 0 amide bonds. The molecule has 0 aromatic heterocycles. The van der Waals surface area contributed by atoms with Crippen molar-refractivity contribution in [3.8, 4) is 0 Å². The van der Waals surface area contributed by atoms with Crippen molar-refractivity contribution >= 4 is 0 Å². The molecule has 1 fully saturated rings. The molecule has 0 unspecified atom stereocenters. The average molecular weight is 275 g/mol. The monoisotopic (exact) mass is 275 g/mol. The summed E-state index contributed by atoms with van der Waals surface area (Å²) in [5.74, 6) is 0. The van der Waals surface area contributed by atoms with E-state index in [2.05, 4.69) is 37.4 Å². The van der Waals surface area contributed by atoms with Gasteiger partial charge in [0, 0.05) is 13.2 Å². The van der Waals surface area contributed by atoms with Gasteiger partial charge in [0.2, 0.25) is 0 Å². The lowest BCUT2D eigenvalue weighted by molar-refractivity contribution is 0.0273. The number of aryl methyl sites for hydroxylation is 1. The fraction of sp³-hybridized carbons (Fsp3) is 0.667. The third-order valence-corrected chi connectivity index (χ3v) is 4.44. The molecule has 0 atom stereocenters. The Morgan fingerprint density at radius 1 is 1.15 bits per heavy atom. The van der Waals surface area contributed by atoms with E-state index in [9.17, 15) is 0 Å². The summed E-state index contributed by atoms with van der Waals surface area (Å²) in [7, 11) is 0. The van der Waals surface area contributed by atoms with Crippen LogP contribution < -0.4 is 5.32 Å². The average Bonchev–Trinajstić information content (AvgIpc) is 2.48. The van der Waals surface area contributed by atoms with Crippen molar-refractivity contribution in [3.63, 3.8) is 0 Å². The van der Waals surface area contributed by atoms with Crippen LogP contribution in [0.15, 0.2) is 18.2 Å². The van der Waals surface area contributed by atoms with Crippen LogP contribution in [0.4, 0.5) is 0 Å². The molecule has 0 spiro atoms. The smallest absolute Gasteiger partial charge is 0.0575 e. The highest BCUT2D eigenvalue weighted by Gasteiger charge is 2.12. The molecule has 1 saturated carbocycles. The molecule has 0 bridgehead atoms. The lowest BCUT2D eigenvalue weighted by atomic mass is 9.98. The van der Waals surface area contributed by atoms with Crippen LogP contribution >= 0.6 is 0 Å². The Labute approximate surface area is 123 Å². The van der Waals surface area contributed by atoms with E-state index in [1.807, 2.05) is 0 Å². The summed E-state index contributed by atoms with van der Waals surface area (Å²) in [5, 5.41) is 3.53. The standard InChI is InChI=1S/C18H29NO/c1-15-8-6-9-17(16(15)2)14-19-12-7-13-20-18-10-4-3-5-11-18/h6,8-9,18-19H,3-5,7,10-14H2,1-2H3. The van der Waals surface area contributed by atoms with Crippen molar-refractivity contribution in [1.82, 2.24) is 5.32 Å². The van der Waals surface area contributed by atoms with Crippen LogP contribution in [0.5, 0.6) is 0 Å². The van der Waals surface area contributed by atoms with E-state index in [1.54, 1.807) is 0 Å². The maximum Gasteiger partial charge on any atom is 0.0575 e. The van der Waals surface area contributed by atoms with E-state index in [0.717, 1.165) is 26.1 Å². The third-order valence-electron chi connectivity index (χ3n) is 4.44. The first-order valence-corrected chi connectivity index (χ1v) is 8.15. The Bertz CT molecular complexity index is 396. The van der Waals surface area contributed by atoms with E-state index in [4.69, 9.17) is 4.74 Å². The number of hydrogen-bond donors (Lipinski definition) is 1. The van der Waals surface area contributed by atoms with E-state index in [1.165, 1.54) is 48.8 Å². The number of ether oxygens (including phenoxy) is 1. The van der Waals surface area contributed by atoms with Gasteiger partial charge in [-0.1, -0.05) is 37.5 Å². The second-order valence-corrected chi connectivity index (χ2v) is 6.02. The van der Waals surface area contributed by atoms with Crippen LogP contribution in [0.2, 0.25) is 0 Å². The largest absolute Gasteiger partial charge is 0.378 e. The molecule has 2 nitrogen and oxygen atoms in total. The molecule has 2 heteroatoms. The summed E-state index contributed by atoms with van der Waals surface area (Å²) < 4.78 is 5.94. The molecule has 20 heavy (non-hydrogen) atoms. The molecular weight excluding hydrogens is 246 g/mol. The summed E-state index contributed by atoms with van der Waals surface area (Å²) in [4.78, 5) is 0. The summed E-state index contributed by atoms with van der Waals surface area (Å²) in [6.45, 7) is 7.30. The van der Waals surface area contributed by atoms with Gasteiger partial charge in [0.25, 0.3) is 0 Å². The van der Waals surface area contributed by atoms with Gasteiger partial charge >= 0.3 is 0 Å². The first-order valence-electron chi connectivity index (χ1n) is 8.15. The minimum Gasteiger partial charge on any atom is -0.378 e. The predicted molar refractivity (Wildman–Crippen MR) is 85.1 cm³/mol. The molecule has 1 N–H and O–H groups in total. The molecule has 0 heterocycles. The number of hydrogen-bond acceptors (Lipinski definition) is 2. The van der Waals surface area contributed by atoms with Crippen LogP contribution in [0.25, 0.3) is 0 Å². The molecule has 112 valence electrons. The van der Waals surface area contributed by atoms with Gasteiger partial charge in [0.05, 0.1) is 6.10 Å². The predicted octanol–water partition coefficient (Wildman–Crippen LogP) is 4.13. The van der Waals surface area contributed by atoms with Crippen LogP contribution in [-0.2, 0) is 11.3 Å². The third kappa shape index (κ3) is 4.92. The Balaban J connectivity index is 1.56. The second-order valence-electron chi connectivity index (χ2n) is 6.02. The van der Waals surface area contributed by atoms with Crippen molar-refractivity contribution < 1.29 is 4.74 Å². The lowest BCUT2D eigenvalue weighted by Gasteiger charge is -2.22. The molecule has 2 rings (SSSR count). The maximum atomic E-state index is 5.94. The van der Waals surface area contributed by atoms with E-state index < -0.39 is 0 Å². The number of benzene rings is 1. The van der Waals surface area contributed by atoms with Crippen LogP contribution in [0.3, 0.4) is 0 Å². The molecule has 0 aliphatic heterocycles. The lowest BCUT2D eigenvalue weighted by Crippen LogP contribution is -2.21. The fourth-order valence-electron chi connectivity index (χ4n) is 2.91. The van der Waals surface area contributed by atoms with Crippen molar-refractivity contribution in [3.05, 3.63) is 34.9 Å². The molecular formula is C18H29NO. The summed E-state index contributed by atoms with van der Waals surface area (Å²) in [6.07, 6.45) is 8.32. The summed E-state index contributed by atoms with van der Waals surface area (Å²) in [6, 6.07) is 6.54. The number of nitrogens with one attached hydrogen (secondary N) is 1. The van der Waals surface area contributed by atoms with Gasteiger partial charge in [-0.15, -0.1) is 0 Å².